The number of hydrogen-bond donors (Lipinski definition) is 3. The molecule has 1 aromatic carbocycles. The lowest BCUT2D eigenvalue weighted by atomic mass is 10.1. The van der Waals surface area contributed by atoms with Crippen LogP contribution in [0.25, 0.3) is 0 Å². The summed E-state index contributed by atoms with van der Waals surface area (Å²) in [5, 5.41) is 11.7. The average molecular weight is 328 g/mol. The van der Waals surface area contributed by atoms with E-state index in [1.807, 2.05) is 0 Å². The first kappa shape index (κ1) is 15.7. The number of rotatable bonds is 4. The first-order valence-electron chi connectivity index (χ1n) is 7.35. The zero-order valence-corrected chi connectivity index (χ0v) is 13.2. The van der Waals surface area contributed by atoms with E-state index in [1.165, 1.54) is 4.90 Å². The molecule has 0 saturated carbocycles. The number of hydrogen-bond acceptors (Lipinski definition) is 5. The lowest BCUT2D eigenvalue weighted by molar-refractivity contribution is -0.117. The Morgan fingerprint density at radius 2 is 2.00 bits per heavy atom. The van der Waals surface area contributed by atoms with Crippen molar-refractivity contribution >= 4 is 23.5 Å². The van der Waals surface area contributed by atoms with Crippen LogP contribution in [0, 0.1) is 6.92 Å². The molecule has 0 bridgehead atoms. The summed E-state index contributed by atoms with van der Waals surface area (Å²) >= 11 is 0. The third-order valence-electron chi connectivity index (χ3n) is 3.58. The number of imide groups is 1. The van der Waals surface area contributed by atoms with E-state index in [0.717, 1.165) is 0 Å². The molecule has 24 heavy (non-hydrogen) atoms. The monoisotopic (exact) mass is 328 g/mol. The van der Waals surface area contributed by atoms with Crippen LogP contribution in [0.4, 0.5) is 10.5 Å². The lowest BCUT2D eigenvalue weighted by Crippen LogP contribution is -2.29. The van der Waals surface area contributed by atoms with Crippen molar-refractivity contribution in [1.82, 2.24) is 25.8 Å². The van der Waals surface area contributed by atoms with Crippen molar-refractivity contribution in [2.75, 3.05) is 11.4 Å². The molecule has 1 fully saturated rings. The Labute approximate surface area is 137 Å². The average Bonchev–Trinajstić information content (AvgIpc) is 3.13. The molecule has 9 heteroatoms. The Hall–Kier alpha value is -3.23. The maximum atomic E-state index is 12.3. The molecule has 1 aliphatic rings. The SMILES string of the molecule is Cc1nc(C(C)NC(=O)c2ccc(N3CC(=O)NC3=O)cc2)n[nH]1. The van der Waals surface area contributed by atoms with Gasteiger partial charge in [0, 0.05) is 11.3 Å². The minimum Gasteiger partial charge on any atom is -0.342 e. The van der Waals surface area contributed by atoms with Gasteiger partial charge in [-0.05, 0) is 38.1 Å². The molecule has 2 heterocycles. The zero-order valence-electron chi connectivity index (χ0n) is 13.2. The van der Waals surface area contributed by atoms with Gasteiger partial charge in [-0.1, -0.05) is 0 Å². The van der Waals surface area contributed by atoms with E-state index >= 15 is 0 Å². The van der Waals surface area contributed by atoms with Crippen molar-refractivity contribution in [2.45, 2.75) is 19.9 Å². The third kappa shape index (κ3) is 3.09. The van der Waals surface area contributed by atoms with Crippen molar-refractivity contribution in [2.24, 2.45) is 0 Å². The highest BCUT2D eigenvalue weighted by atomic mass is 16.2. The number of nitrogens with zero attached hydrogens (tertiary/aromatic N) is 3. The van der Waals surface area contributed by atoms with E-state index in [9.17, 15) is 14.4 Å². The molecule has 3 rings (SSSR count). The minimum absolute atomic E-state index is 0.0222. The van der Waals surface area contributed by atoms with Crippen LogP contribution in [-0.2, 0) is 4.79 Å². The number of aromatic nitrogens is 3. The lowest BCUT2D eigenvalue weighted by Gasteiger charge is -2.14. The fourth-order valence-corrected chi connectivity index (χ4v) is 2.34. The van der Waals surface area contributed by atoms with E-state index in [-0.39, 0.29) is 24.4 Å². The number of benzene rings is 1. The van der Waals surface area contributed by atoms with Gasteiger partial charge in [-0.3, -0.25) is 24.9 Å². The quantitative estimate of drug-likeness (QED) is 0.712. The summed E-state index contributed by atoms with van der Waals surface area (Å²) in [6, 6.07) is 5.62. The van der Waals surface area contributed by atoms with Crippen LogP contribution in [0.5, 0.6) is 0 Å². The summed E-state index contributed by atoms with van der Waals surface area (Å²) < 4.78 is 0. The number of aromatic amines is 1. The summed E-state index contributed by atoms with van der Waals surface area (Å²) in [7, 11) is 0. The zero-order chi connectivity index (χ0) is 17.3. The second kappa shape index (κ2) is 6.11. The molecule has 1 aromatic heterocycles. The molecule has 0 spiro atoms. The summed E-state index contributed by atoms with van der Waals surface area (Å²) in [4.78, 5) is 40.6. The first-order valence-corrected chi connectivity index (χ1v) is 7.35. The molecule has 1 atom stereocenters. The van der Waals surface area contributed by atoms with E-state index in [0.29, 0.717) is 22.9 Å². The molecule has 1 aliphatic heterocycles. The molecule has 1 saturated heterocycles. The summed E-state index contributed by atoms with van der Waals surface area (Å²) in [5.41, 5.74) is 0.983. The molecule has 1 unspecified atom stereocenters. The van der Waals surface area contributed by atoms with Crippen LogP contribution >= 0.6 is 0 Å². The molecule has 0 radical (unpaired) electrons. The van der Waals surface area contributed by atoms with Crippen LogP contribution in [0.2, 0.25) is 0 Å². The van der Waals surface area contributed by atoms with Crippen LogP contribution in [-0.4, -0.2) is 39.6 Å². The van der Waals surface area contributed by atoms with Gasteiger partial charge >= 0.3 is 6.03 Å². The van der Waals surface area contributed by atoms with Crippen LogP contribution < -0.4 is 15.5 Å². The van der Waals surface area contributed by atoms with Gasteiger partial charge in [-0.15, -0.1) is 0 Å². The summed E-state index contributed by atoms with van der Waals surface area (Å²) in [5.74, 6) is 0.550. The summed E-state index contributed by atoms with van der Waals surface area (Å²) in [6.45, 7) is 3.55. The highest BCUT2D eigenvalue weighted by molar-refractivity contribution is 6.12. The van der Waals surface area contributed by atoms with Crippen molar-refractivity contribution < 1.29 is 14.4 Å². The largest absolute Gasteiger partial charge is 0.342 e. The fraction of sp³-hybridized carbons (Fsp3) is 0.267. The second-order valence-corrected chi connectivity index (χ2v) is 5.46. The minimum atomic E-state index is -0.467. The predicted molar refractivity (Wildman–Crippen MR) is 84.3 cm³/mol. The van der Waals surface area contributed by atoms with E-state index in [4.69, 9.17) is 0 Å². The van der Waals surface area contributed by atoms with Gasteiger partial charge < -0.3 is 5.32 Å². The van der Waals surface area contributed by atoms with Gasteiger partial charge in [-0.2, -0.15) is 5.10 Å². The van der Waals surface area contributed by atoms with E-state index in [1.54, 1.807) is 38.1 Å². The van der Waals surface area contributed by atoms with Crippen molar-refractivity contribution in [3.63, 3.8) is 0 Å². The highest BCUT2D eigenvalue weighted by Crippen LogP contribution is 2.18. The fourth-order valence-electron chi connectivity index (χ4n) is 2.34. The maximum absolute atomic E-state index is 12.3. The molecule has 0 aliphatic carbocycles. The number of H-pyrrole nitrogens is 1. The molecule has 3 N–H and O–H groups in total. The Bertz CT molecular complexity index is 798. The predicted octanol–water partition coefficient (Wildman–Crippen LogP) is 0.660. The number of carbonyl (C=O) groups is 3. The van der Waals surface area contributed by atoms with E-state index in [2.05, 4.69) is 25.8 Å². The first-order chi connectivity index (χ1) is 11.4. The highest BCUT2D eigenvalue weighted by Gasteiger charge is 2.27. The number of nitrogens with one attached hydrogen (secondary N) is 3. The van der Waals surface area contributed by atoms with Gasteiger partial charge in [0.25, 0.3) is 5.91 Å². The maximum Gasteiger partial charge on any atom is 0.329 e. The molecule has 4 amide bonds. The van der Waals surface area contributed by atoms with Crippen LogP contribution in [0.15, 0.2) is 24.3 Å². The van der Waals surface area contributed by atoms with Gasteiger partial charge in [0.05, 0.1) is 6.04 Å². The summed E-state index contributed by atoms with van der Waals surface area (Å²) in [6.07, 6.45) is 0. The number of anilines is 1. The van der Waals surface area contributed by atoms with Crippen molar-refractivity contribution in [1.29, 1.82) is 0 Å². The standard InChI is InChI=1S/C15H16N6O3/c1-8(13-17-9(2)19-20-13)16-14(23)10-3-5-11(6-4-10)21-7-12(22)18-15(21)24/h3-6,8H,7H2,1-2H3,(H,16,23)(H,17,19,20)(H,18,22,24). The van der Waals surface area contributed by atoms with Gasteiger partial charge in [0.1, 0.15) is 12.4 Å². The third-order valence-corrected chi connectivity index (χ3v) is 3.58. The molecular formula is C15H16N6O3. The van der Waals surface area contributed by atoms with Crippen molar-refractivity contribution in [3.8, 4) is 0 Å². The number of urea groups is 1. The second-order valence-electron chi connectivity index (χ2n) is 5.46. The van der Waals surface area contributed by atoms with Crippen molar-refractivity contribution in [3.05, 3.63) is 41.5 Å². The smallest absolute Gasteiger partial charge is 0.329 e. The van der Waals surface area contributed by atoms with E-state index < -0.39 is 6.03 Å². The normalized spacial score (nSPS) is 15.3. The van der Waals surface area contributed by atoms with Gasteiger partial charge in [-0.25, -0.2) is 9.78 Å². The Morgan fingerprint density at radius 1 is 1.29 bits per heavy atom. The number of aryl methyl sites for hydroxylation is 1. The molecule has 124 valence electrons. The van der Waals surface area contributed by atoms with Gasteiger partial charge in [0.15, 0.2) is 5.82 Å². The van der Waals surface area contributed by atoms with Crippen LogP contribution in [0.3, 0.4) is 0 Å². The topological polar surface area (TPSA) is 120 Å². The molecular weight excluding hydrogens is 312 g/mol. The number of carbonyl (C=O) groups excluding carboxylic acids is 3. The Balaban J connectivity index is 1.68. The number of amides is 4. The Kier molecular flexibility index (Phi) is 3.98. The van der Waals surface area contributed by atoms with Crippen LogP contribution in [0.1, 0.15) is 35.0 Å². The Morgan fingerprint density at radius 3 is 2.54 bits per heavy atom. The molecule has 2 aromatic rings. The molecule has 9 nitrogen and oxygen atoms in total. The van der Waals surface area contributed by atoms with Gasteiger partial charge in [0.2, 0.25) is 5.91 Å².